The number of pyridine rings is 1. The van der Waals surface area contributed by atoms with Gasteiger partial charge in [0.1, 0.15) is 11.4 Å². The van der Waals surface area contributed by atoms with Gasteiger partial charge in [-0.05, 0) is 17.5 Å². The monoisotopic (exact) mass is 291 g/mol. The van der Waals surface area contributed by atoms with E-state index in [4.69, 9.17) is 15.2 Å². The lowest BCUT2D eigenvalue weighted by molar-refractivity contribution is -0.161. The van der Waals surface area contributed by atoms with Gasteiger partial charge in [0.05, 0.1) is 19.7 Å². The summed E-state index contributed by atoms with van der Waals surface area (Å²) in [6.07, 6.45) is 0.265. The fourth-order valence-corrected chi connectivity index (χ4v) is 2.80. The minimum atomic E-state index is -0.840. The van der Waals surface area contributed by atoms with Crippen molar-refractivity contribution in [3.63, 3.8) is 0 Å². The number of hydrogen-bond donors (Lipinski definition) is 1. The SMILES string of the molecule is CC(C)(C)c1ccc(N2CC3(CCO3)C2)nc1OC(N)=O. The maximum atomic E-state index is 11.1. The maximum absolute atomic E-state index is 11.1. The molecule has 0 aliphatic carbocycles. The number of nitrogens with zero attached hydrogens (tertiary/aromatic N) is 2. The van der Waals surface area contributed by atoms with Crippen molar-refractivity contribution in [1.82, 2.24) is 4.98 Å². The van der Waals surface area contributed by atoms with Crippen LogP contribution in [0, 0.1) is 0 Å². The van der Waals surface area contributed by atoms with E-state index in [2.05, 4.69) is 9.88 Å². The molecule has 2 aliphatic rings. The zero-order valence-corrected chi connectivity index (χ0v) is 12.7. The first-order valence-corrected chi connectivity index (χ1v) is 7.17. The second-order valence-corrected chi connectivity index (χ2v) is 6.83. The Bertz CT molecular complexity index is 568. The van der Waals surface area contributed by atoms with Crippen molar-refractivity contribution in [2.75, 3.05) is 24.6 Å². The lowest BCUT2D eigenvalue weighted by atomic mass is 9.85. The van der Waals surface area contributed by atoms with Gasteiger partial charge >= 0.3 is 6.09 Å². The van der Waals surface area contributed by atoms with Crippen molar-refractivity contribution in [2.24, 2.45) is 5.73 Å². The Labute approximate surface area is 124 Å². The van der Waals surface area contributed by atoms with Crippen LogP contribution < -0.4 is 15.4 Å². The van der Waals surface area contributed by atoms with Crippen molar-refractivity contribution < 1.29 is 14.3 Å². The maximum Gasteiger partial charge on any atom is 0.411 e. The third-order valence-electron chi connectivity index (χ3n) is 4.10. The molecule has 21 heavy (non-hydrogen) atoms. The number of aromatic nitrogens is 1. The number of carbonyl (C=O) groups excluding carboxylic acids is 1. The fraction of sp³-hybridized carbons (Fsp3) is 0.600. The summed E-state index contributed by atoms with van der Waals surface area (Å²) in [7, 11) is 0. The van der Waals surface area contributed by atoms with E-state index in [0.717, 1.165) is 37.5 Å². The summed E-state index contributed by atoms with van der Waals surface area (Å²) in [5.74, 6) is 1.09. The number of hydrogen-bond acceptors (Lipinski definition) is 5. The number of ether oxygens (including phenoxy) is 2. The molecule has 0 atom stereocenters. The highest BCUT2D eigenvalue weighted by Gasteiger charge is 2.49. The molecule has 3 heterocycles. The van der Waals surface area contributed by atoms with Gasteiger partial charge in [-0.2, -0.15) is 4.98 Å². The molecule has 3 rings (SSSR count). The molecule has 2 fully saturated rings. The Balaban J connectivity index is 1.84. The third kappa shape index (κ3) is 2.55. The number of primary amides is 1. The summed E-state index contributed by atoms with van der Waals surface area (Å²) in [5.41, 5.74) is 5.87. The molecule has 114 valence electrons. The Morgan fingerprint density at radius 1 is 1.43 bits per heavy atom. The molecule has 2 N–H and O–H groups in total. The van der Waals surface area contributed by atoms with Crippen LogP contribution in [0.3, 0.4) is 0 Å². The van der Waals surface area contributed by atoms with Gasteiger partial charge in [0.2, 0.25) is 5.88 Å². The zero-order valence-electron chi connectivity index (χ0n) is 12.7. The molecular formula is C15H21N3O3. The summed E-state index contributed by atoms with van der Waals surface area (Å²) in [6.45, 7) is 8.64. The minimum Gasteiger partial charge on any atom is -0.391 e. The highest BCUT2D eigenvalue weighted by Crippen LogP contribution is 2.39. The van der Waals surface area contributed by atoms with Crippen molar-refractivity contribution in [2.45, 2.75) is 38.2 Å². The van der Waals surface area contributed by atoms with Crippen LogP contribution in [-0.2, 0) is 10.2 Å². The topological polar surface area (TPSA) is 77.7 Å². The molecule has 1 aromatic rings. The predicted molar refractivity (Wildman–Crippen MR) is 78.7 cm³/mol. The molecule has 1 aromatic heterocycles. The van der Waals surface area contributed by atoms with E-state index >= 15 is 0 Å². The normalized spacial score (nSPS) is 19.9. The summed E-state index contributed by atoms with van der Waals surface area (Å²) in [4.78, 5) is 17.7. The van der Waals surface area contributed by atoms with E-state index in [0.29, 0.717) is 5.88 Å². The molecular weight excluding hydrogens is 270 g/mol. The van der Waals surface area contributed by atoms with Crippen molar-refractivity contribution >= 4 is 11.9 Å². The van der Waals surface area contributed by atoms with Crippen LogP contribution in [0.2, 0.25) is 0 Å². The van der Waals surface area contributed by atoms with E-state index in [9.17, 15) is 4.79 Å². The highest BCUT2D eigenvalue weighted by atomic mass is 16.6. The second kappa shape index (κ2) is 4.59. The first kappa shape index (κ1) is 14.1. The fourth-order valence-electron chi connectivity index (χ4n) is 2.80. The first-order chi connectivity index (χ1) is 9.79. The highest BCUT2D eigenvalue weighted by molar-refractivity contribution is 5.68. The molecule has 6 nitrogen and oxygen atoms in total. The van der Waals surface area contributed by atoms with Crippen LogP contribution in [0.25, 0.3) is 0 Å². The summed E-state index contributed by atoms with van der Waals surface area (Å²) in [5, 5.41) is 0. The van der Waals surface area contributed by atoms with Crippen LogP contribution in [0.5, 0.6) is 5.88 Å². The number of rotatable bonds is 2. The molecule has 0 aromatic carbocycles. The number of carbonyl (C=O) groups is 1. The van der Waals surface area contributed by atoms with Gasteiger partial charge in [0.25, 0.3) is 0 Å². The Kier molecular flexibility index (Phi) is 3.09. The van der Waals surface area contributed by atoms with Gasteiger partial charge in [-0.1, -0.05) is 20.8 Å². The van der Waals surface area contributed by atoms with E-state index in [1.165, 1.54) is 0 Å². The van der Waals surface area contributed by atoms with Crippen LogP contribution in [-0.4, -0.2) is 36.4 Å². The largest absolute Gasteiger partial charge is 0.411 e. The summed E-state index contributed by atoms with van der Waals surface area (Å²) < 4.78 is 10.7. The number of anilines is 1. The molecule has 0 saturated carbocycles. The number of amides is 1. The average Bonchev–Trinajstić information content (AvgIpc) is 2.22. The Hall–Kier alpha value is -1.82. The smallest absolute Gasteiger partial charge is 0.391 e. The van der Waals surface area contributed by atoms with Gasteiger partial charge in [-0.3, -0.25) is 0 Å². The van der Waals surface area contributed by atoms with Crippen LogP contribution in [0.15, 0.2) is 12.1 Å². The summed E-state index contributed by atoms with van der Waals surface area (Å²) >= 11 is 0. The first-order valence-electron chi connectivity index (χ1n) is 7.17. The van der Waals surface area contributed by atoms with Crippen LogP contribution in [0.1, 0.15) is 32.8 Å². The van der Waals surface area contributed by atoms with Gasteiger partial charge in [0, 0.05) is 12.0 Å². The molecule has 0 radical (unpaired) electrons. The molecule has 1 spiro atoms. The lowest BCUT2D eigenvalue weighted by Gasteiger charge is -2.55. The predicted octanol–water partition coefficient (Wildman–Crippen LogP) is 1.82. The summed E-state index contributed by atoms with van der Waals surface area (Å²) in [6, 6.07) is 3.91. The molecule has 2 saturated heterocycles. The standard InChI is InChI=1S/C15H21N3O3/c1-14(2,3)10-4-5-11(17-12(10)21-13(16)19)18-8-15(9-18)6-7-20-15/h4-5H,6-9H2,1-3H3,(H2,16,19). The minimum absolute atomic E-state index is 0.0368. The van der Waals surface area contributed by atoms with E-state index in [1.54, 1.807) is 0 Å². The van der Waals surface area contributed by atoms with Crippen molar-refractivity contribution in [3.8, 4) is 5.88 Å². The van der Waals surface area contributed by atoms with Crippen LogP contribution in [0.4, 0.5) is 10.6 Å². The van der Waals surface area contributed by atoms with Crippen molar-refractivity contribution in [3.05, 3.63) is 17.7 Å². The molecule has 0 bridgehead atoms. The van der Waals surface area contributed by atoms with Crippen molar-refractivity contribution in [1.29, 1.82) is 0 Å². The quantitative estimate of drug-likeness (QED) is 0.899. The van der Waals surface area contributed by atoms with Gasteiger partial charge in [-0.25, -0.2) is 4.79 Å². The molecule has 0 unspecified atom stereocenters. The number of nitrogens with two attached hydrogens (primary N) is 1. The van der Waals surface area contributed by atoms with E-state index in [-0.39, 0.29) is 11.0 Å². The average molecular weight is 291 g/mol. The van der Waals surface area contributed by atoms with Gasteiger partial charge < -0.3 is 20.1 Å². The van der Waals surface area contributed by atoms with E-state index in [1.807, 2.05) is 32.9 Å². The van der Waals surface area contributed by atoms with Gasteiger partial charge in [-0.15, -0.1) is 0 Å². The molecule has 2 aliphatic heterocycles. The van der Waals surface area contributed by atoms with E-state index < -0.39 is 6.09 Å². The van der Waals surface area contributed by atoms with Gasteiger partial charge in [0.15, 0.2) is 0 Å². The molecule has 6 heteroatoms. The second-order valence-electron chi connectivity index (χ2n) is 6.83. The Morgan fingerprint density at radius 3 is 2.57 bits per heavy atom. The third-order valence-corrected chi connectivity index (χ3v) is 4.10. The van der Waals surface area contributed by atoms with Crippen LogP contribution >= 0.6 is 0 Å². The molecule has 1 amide bonds. The zero-order chi connectivity index (χ0) is 15.3. The lowest BCUT2D eigenvalue weighted by Crippen LogP contribution is -2.68. The Morgan fingerprint density at radius 2 is 2.10 bits per heavy atom.